The van der Waals surface area contributed by atoms with Crippen LogP contribution in [0.1, 0.15) is 58.3 Å². The molecule has 1 N–H and O–H groups in total. The van der Waals surface area contributed by atoms with Crippen LogP contribution in [0.15, 0.2) is 12.4 Å². The summed E-state index contributed by atoms with van der Waals surface area (Å²) in [7, 11) is 0. The van der Waals surface area contributed by atoms with Crippen molar-refractivity contribution in [2.24, 2.45) is 5.41 Å². The monoisotopic (exact) mass is 278 g/mol. The van der Waals surface area contributed by atoms with E-state index in [2.05, 4.69) is 12.0 Å². The number of rotatable bonds is 4. The molecule has 0 amide bonds. The van der Waals surface area contributed by atoms with Crippen molar-refractivity contribution in [2.75, 3.05) is 0 Å². The summed E-state index contributed by atoms with van der Waals surface area (Å²) in [5.41, 5.74) is 0.0172. The third-order valence-electron chi connectivity index (χ3n) is 5.12. The lowest BCUT2D eigenvalue weighted by atomic mass is 9.59. The van der Waals surface area contributed by atoms with Gasteiger partial charge >= 0.3 is 0 Å². The Morgan fingerprint density at radius 1 is 1.35 bits per heavy atom. The zero-order chi connectivity index (χ0) is 14.0. The van der Waals surface area contributed by atoms with Gasteiger partial charge in [0, 0.05) is 18.4 Å². The number of aliphatic hydroxyl groups excluding tert-OH is 1. The predicted molar refractivity (Wildman–Crippen MR) is 77.7 cm³/mol. The van der Waals surface area contributed by atoms with Gasteiger partial charge in [-0.15, -0.1) is 0 Å². The number of aliphatic hydroxyl groups is 1. The molecule has 2 saturated carbocycles. The van der Waals surface area contributed by atoms with Crippen molar-refractivity contribution in [2.45, 2.75) is 77.0 Å². The van der Waals surface area contributed by atoms with E-state index in [1.165, 1.54) is 25.7 Å². The Labute approximate surface area is 121 Å². The summed E-state index contributed by atoms with van der Waals surface area (Å²) >= 11 is 0. The quantitative estimate of drug-likeness (QED) is 0.920. The minimum Gasteiger partial charge on any atom is -0.486 e. The van der Waals surface area contributed by atoms with Crippen molar-refractivity contribution in [1.82, 2.24) is 9.78 Å². The molecule has 2 aliphatic carbocycles. The predicted octanol–water partition coefficient (Wildman–Crippen LogP) is 3.15. The molecule has 2 fully saturated rings. The van der Waals surface area contributed by atoms with Gasteiger partial charge in [0.2, 0.25) is 0 Å². The van der Waals surface area contributed by atoms with E-state index in [0.717, 1.165) is 38.0 Å². The smallest absolute Gasteiger partial charge is 0.157 e. The fourth-order valence-corrected chi connectivity index (χ4v) is 3.85. The van der Waals surface area contributed by atoms with Crippen LogP contribution < -0.4 is 4.74 Å². The Morgan fingerprint density at radius 2 is 2.10 bits per heavy atom. The Kier molecular flexibility index (Phi) is 4.01. The highest BCUT2D eigenvalue weighted by Gasteiger charge is 2.55. The fourth-order valence-electron chi connectivity index (χ4n) is 3.85. The van der Waals surface area contributed by atoms with Crippen LogP contribution in [0.3, 0.4) is 0 Å². The SMILES string of the molecule is CCCn1cc(OC2CC(O)C23CCCCCC3)cn1. The Bertz CT molecular complexity index is 435. The lowest BCUT2D eigenvalue weighted by molar-refractivity contribution is -0.163. The van der Waals surface area contributed by atoms with Crippen LogP contribution in [0.5, 0.6) is 5.75 Å². The highest BCUT2D eigenvalue weighted by molar-refractivity contribution is 5.16. The van der Waals surface area contributed by atoms with Gasteiger partial charge in [-0.25, -0.2) is 0 Å². The molecule has 4 heteroatoms. The maximum atomic E-state index is 10.3. The lowest BCUT2D eigenvalue weighted by Gasteiger charge is -2.52. The van der Waals surface area contributed by atoms with Gasteiger partial charge in [0.1, 0.15) is 6.10 Å². The summed E-state index contributed by atoms with van der Waals surface area (Å²) in [6, 6.07) is 0. The van der Waals surface area contributed by atoms with Crippen LogP contribution in [0.4, 0.5) is 0 Å². The second-order valence-corrected chi connectivity index (χ2v) is 6.44. The normalized spacial score (nSPS) is 28.9. The second-order valence-electron chi connectivity index (χ2n) is 6.44. The zero-order valence-electron chi connectivity index (χ0n) is 12.4. The Morgan fingerprint density at radius 3 is 2.75 bits per heavy atom. The molecule has 2 unspecified atom stereocenters. The number of hydrogen-bond donors (Lipinski definition) is 1. The van der Waals surface area contributed by atoms with Gasteiger partial charge in [0.25, 0.3) is 0 Å². The molecule has 0 aliphatic heterocycles. The topological polar surface area (TPSA) is 47.3 Å². The number of hydrogen-bond acceptors (Lipinski definition) is 3. The molecule has 1 aromatic heterocycles. The van der Waals surface area contributed by atoms with E-state index in [-0.39, 0.29) is 17.6 Å². The van der Waals surface area contributed by atoms with Gasteiger partial charge < -0.3 is 9.84 Å². The summed E-state index contributed by atoms with van der Waals surface area (Å²) in [4.78, 5) is 0. The number of ether oxygens (including phenoxy) is 1. The average molecular weight is 278 g/mol. The average Bonchev–Trinajstić information content (AvgIpc) is 2.73. The van der Waals surface area contributed by atoms with Gasteiger partial charge in [-0.3, -0.25) is 4.68 Å². The maximum Gasteiger partial charge on any atom is 0.157 e. The third-order valence-corrected chi connectivity index (χ3v) is 5.12. The first kappa shape index (κ1) is 13.9. The van der Waals surface area contributed by atoms with Gasteiger partial charge in [0.05, 0.1) is 18.5 Å². The molecule has 0 radical (unpaired) electrons. The largest absolute Gasteiger partial charge is 0.486 e. The standard InChI is InChI=1S/C16H26N2O2/c1-2-9-18-12-13(11-17-18)20-15-10-14(19)16(15)7-5-3-4-6-8-16/h11-12,14-15,19H,2-10H2,1H3. The first-order valence-corrected chi connectivity index (χ1v) is 8.12. The molecule has 112 valence electrons. The molecule has 2 atom stereocenters. The fraction of sp³-hybridized carbons (Fsp3) is 0.812. The molecule has 1 spiro atoms. The third kappa shape index (κ3) is 2.46. The molecule has 20 heavy (non-hydrogen) atoms. The van der Waals surface area contributed by atoms with Crippen LogP contribution in [0.2, 0.25) is 0 Å². The van der Waals surface area contributed by atoms with Crippen LogP contribution in [0.25, 0.3) is 0 Å². The van der Waals surface area contributed by atoms with E-state index in [4.69, 9.17) is 4.74 Å². The number of aryl methyl sites for hydroxylation is 1. The second kappa shape index (κ2) is 5.76. The van der Waals surface area contributed by atoms with E-state index >= 15 is 0 Å². The molecule has 4 nitrogen and oxygen atoms in total. The maximum absolute atomic E-state index is 10.3. The molecule has 1 aromatic rings. The summed E-state index contributed by atoms with van der Waals surface area (Å²) in [6.07, 6.45) is 12.9. The van der Waals surface area contributed by atoms with E-state index in [1.807, 2.05) is 17.1 Å². The minimum absolute atomic E-state index is 0.0172. The van der Waals surface area contributed by atoms with Crippen LogP contribution in [0, 0.1) is 5.41 Å². The lowest BCUT2D eigenvalue weighted by Crippen LogP contribution is -2.59. The first-order valence-electron chi connectivity index (χ1n) is 8.12. The minimum atomic E-state index is -0.170. The highest BCUT2D eigenvalue weighted by Crippen LogP contribution is 2.52. The van der Waals surface area contributed by atoms with Gasteiger partial charge in [0.15, 0.2) is 5.75 Å². The van der Waals surface area contributed by atoms with Crippen LogP contribution in [-0.4, -0.2) is 27.1 Å². The Hall–Kier alpha value is -1.03. The molecule has 0 saturated heterocycles. The summed E-state index contributed by atoms with van der Waals surface area (Å²) < 4.78 is 8.09. The van der Waals surface area contributed by atoms with E-state index in [1.54, 1.807) is 0 Å². The molecule has 0 aromatic carbocycles. The summed E-state index contributed by atoms with van der Waals surface area (Å²) in [6.45, 7) is 3.08. The molecular formula is C16H26N2O2. The van der Waals surface area contributed by atoms with Gasteiger partial charge in [-0.05, 0) is 19.3 Å². The Balaban J connectivity index is 1.66. The van der Waals surface area contributed by atoms with Crippen molar-refractivity contribution >= 4 is 0 Å². The van der Waals surface area contributed by atoms with E-state index < -0.39 is 0 Å². The van der Waals surface area contributed by atoms with Crippen molar-refractivity contribution in [3.8, 4) is 5.75 Å². The van der Waals surface area contributed by atoms with Crippen molar-refractivity contribution < 1.29 is 9.84 Å². The molecular weight excluding hydrogens is 252 g/mol. The van der Waals surface area contributed by atoms with Crippen LogP contribution >= 0.6 is 0 Å². The van der Waals surface area contributed by atoms with Crippen molar-refractivity contribution in [3.05, 3.63) is 12.4 Å². The molecule has 0 bridgehead atoms. The van der Waals surface area contributed by atoms with E-state index in [0.29, 0.717) is 0 Å². The van der Waals surface area contributed by atoms with E-state index in [9.17, 15) is 5.11 Å². The van der Waals surface area contributed by atoms with Gasteiger partial charge in [-0.1, -0.05) is 32.6 Å². The molecule has 2 aliphatic rings. The number of aromatic nitrogens is 2. The first-order chi connectivity index (χ1) is 9.74. The summed E-state index contributed by atoms with van der Waals surface area (Å²) in [5.74, 6) is 0.860. The molecule has 1 heterocycles. The summed E-state index contributed by atoms with van der Waals surface area (Å²) in [5, 5.41) is 14.6. The zero-order valence-corrected chi connectivity index (χ0v) is 12.4. The highest BCUT2D eigenvalue weighted by atomic mass is 16.5. The number of nitrogens with zero attached hydrogens (tertiary/aromatic N) is 2. The van der Waals surface area contributed by atoms with Crippen molar-refractivity contribution in [3.63, 3.8) is 0 Å². The van der Waals surface area contributed by atoms with Crippen molar-refractivity contribution in [1.29, 1.82) is 0 Å². The van der Waals surface area contributed by atoms with Gasteiger partial charge in [-0.2, -0.15) is 5.10 Å². The molecule has 3 rings (SSSR count). The van der Waals surface area contributed by atoms with Crippen LogP contribution in [-0.2, 0) is 6.54 Å².